The van der Waals surface area contributed by atoms with Crippen molar-refractivity contribution < 1.29 is 32.2 Å². The third-order valence-corrected chi connectivity index (χ3v) is 7.20. The fraction of sp³-hybridized carbons (Fsp3) is 0.296. The van der Waals surface area contributed by atoms with E-state index in [1.165, 1.54) is 18.2 Å². The van der Waals surface area contributed by atoms with Crippen molar-refractivity contribution in [2.75, 3.05) is 6.79 Å². The largest absolute Gasteiger partial charge is 0.474 e. The van der Waals surface area contributed by atoms with Crippen LogP contribution in [0.25, 0.3) is 0 Å². The number of carbonyl (C=O) groups excluding carboxylic acids is 2. The Hall–Kier alpha value is -3.92. The van der Waals surface area contributed by atoms with Crippen molar-refractivity contribution in [1.29, 1.82) is 0 Å². The number of sulfonamides is 1. The summed E-state index contributed by atoms with van der Waals surface area (Å²) in [5.41, 5.74) is 2.04. The fourth-order valence-electron chi connectivity index (χ4n) is 3.85. The zero-order chi connectivity index (χ0) is 26.6. The van der Waals surface area contributed by atoms with E-state index in [1.807, 2.05) is 20.8 Å². The van der Waals surface area contributed by atoms with Gasteiger partial charge in [0.1, 0.15) is 11.4 Å². The first-order valence-corrected chi connectivity index (χ1v) is 13.4. The van der Waals surface area contributed by atoms with Crippen LogP contribution in [-0.2, 0) is 21.2 Å². The molecule has 2 aromatic carbocycles. The summed E-state index contributed by atoms with van der Waals surface area (Å²) in [5, 5.41) is 0. The van der Waals surface area contributed by atoms with Crippen LogP contribution in [0.4, 0.5) is 0 Å². The van der Waals surface area contributed by atoms with Gasteiger partial charge in [-0.15, -0.1) is 0 Å². The predicted octanol–water partition coefficient (Wildman–Crippen LogP) is 4.32. The zero-order valence-electron chi connectivity index (χ0n) is 20.8. The number of carbonyl (C=O) groups is 2. The van der Waals surface area contributed by atoms with E-state index in [4.69, 9.17) is 14.2 Å². The van der Waals surface area contributed by atoms with Crippen LogP contribution in [-0.4, -0.2) is 32.4 Å². The second-order valence-electron chi connectivity index (χ2n) is 8.85. The highest BCUT2D eigenvalue weighted by atomic mass is 32.2. The van der Waals surface area contributed by atoms with Crippen molar-refractivity contribution >= 4 is 22.2 Å². The first-order valence-electron chi connectivity index (χ1n) is 11.9. The van der Waals surface area contributed by atoms with Crippen molar-refractivity contribution in [2.45, 2.75) is 50.5 Å². The van der Waals surface area contributed by atoms with Gasteiger partial charge in [0.25, 0.3) is 15.9 Å². The maximum absolute atomic E-state index is 13.4. The molecule has 4 rings (SSSR count). The van der Waals surface area contributed by atoms with Gasteiger partial charge in [0.05, 0.1) is 10.6 Å². The number of nitrogens with one attached hydrogen (secondary N) is 1. The van der Waals surface area contributed by atoms with Gasteiger partial charge < -0.3 is 14.2 Å². The molecule has 0 aliphatic carbocycles. The average molecular weight is 525 g/mol. The number of aldehydes is 1. The molecule has 1 aliphatic rings. The highest BCUT2D eigenvalue weighted by Crippen LogP contribution is 2.36. The second kappa shape index (κ2) is 11.0. The Bertz CT molecular complexity index is 1400. The summed E-state index contributed by atoms with van der Waals surface area (Å²) in [6.45, 7) is 5.98. The fourth-order valence-corrected chi connectivity index (χ4v) is 4.83. The number of fused-ring (bicyclic) bond motifs is 1. The van der Waals surface area contributed by atoms with Gasteiger partial charge >= 0.3 is 0 Å². The number of hydrogen-bond acceptors (Lipinski definition) is 8. The number of pyridine rings is 1. The average Bonchev–Trinajstić information content (AvgIpc) is 3.35. The van der Waals surface area contributed by atoms with Crippen LogP contribution in [0.2, 0.25) is 0 Å². The lowest BCUT2D eigenvalue weighted by molar-refractivity contribution is -0.126. The highest BCUT2D eigenvalue weighted by Gasteiger charge is 2.30. The molecule has 194 valence electrons. The minimum absolute atomic E-state index is 0.0367. The molecule has 1 unspecified atom stereocenters. The quantitative estimate of drug-likeness (QED) is 0.389. The van der Waals surface area contributed by atoms with E-state index >= 15 is 0 Å². The number of nitrogens with zero attached hydrogens (tertiary/aromatic N) is 1. The molecule has 3 aromatic rings. The number of benzene rings is 2. The maximum Gasteiger partial charge on any atom is 0.279 e. The van der Waals surface area contributed by atoms with Crippen LogP contribution in [0.1, 0.15) is 66.5 Å². The van der Waals surface area contributed by atoms with E-state index in [0.29, 0.717) is 41.9 Å². The number of rotatable bonds is 10. The summed E-state index contributed by atoms with van der Waals surface area (Å²) >= 11 is 0. The summed E-state index contributed by atoms with van der Waals surface area (Å²) in [6.07, 6.45) is 0.473. The molecule has 1 aliphatic heterocycles. The van der Waals surface area contributed by atoms with Crippen LogP contribution < -0.4 is 18.9 Å². The highest BCUT2D eigenvalue weighted by molar-refractivity contribution is 7.90. The third kappa shape index (κ3) is 5.91. The summed E-state index contributed by atoms with van der Waals surface area (Å²) in [5.74, 6) is 0.517. The van der Waals surface area contributed by atoms with Gasteiger partial charge in [-0.25, -0.2) is 18.1 Å². The van der Waals surface area contributed by atoms with Crippen LogP contribution in [0.5, 0.6) is 17.2 Å². The molecule has 0 saturated carbocycles. The minimum atomic E-state index is -4.19. The van der Waals surface area contributed by atoms with E-state index in [2.05, 4.69) is 9.71 Å². The summed E-state index contributed by atoms with van der Waals surface area (Å²) in [7, 11) is -4.19. The molecule has 9 nitrogen and oxygen atoms in total. The number of aromatic nitrogens is 1. The molecule has 1 amide bonds. The molecule has 0 spiro atoms. The first-order chi connectivity index (χ1) is 17.7. The lowest BCUT2D eigenvalue weighted by Crippen LogP contribution is -2.37. The predicted molar refractivity (Wildman–Crippen MR) is 135 cm³/mol. The third-order valence-electron chi connectivity index (χ3n) is 5.84. The van der Waals surface area contributed by atoms with Gasteiger partial charge in [0, 0.05) is 5.56 Å². The summed E-state index contributed by atoms with van der Waals surface area (Å²) in [6, 6.07) is 14.2. The Morgan fingerprint density at radius 3 is 2.43 bits per heavy atom. The number of aryl methyl sites for hydroxylation is 1. The molecular weight excluding hydrogens is 496 g/mol. The SMILES string of the molecule is CCCc1nc(C=O)ccc1OC(C(=O)NS(=O)(=O)c1ccc(C(C)C)cc1)c1ccc2c(c1)OCO2. The van der Waals surface area contributed by atoms with Crippen LogP contribution in [0.3, 0.4) is 0 Å². The monoisotopic (exact) mass is 524 g/mol. The molecule has 1 aromatic heterocycles. The maximum atomic E-state index is 13.4. The van der Waals surface area contributed by atoms with Gasteiger partial charge in [0.2, 0.25) is 12.9 Å². The lowest BCUT2D eigenvalue weighted by Gasteiger charge is -2.21. The van der Waals surface area contributed by atoms with Gasteiger partial charge in [-0.1, -0.05) is 45.4 Å². The van der Waals surface area contributed by atoms with E-state index in [9.17, 15) is 18.0 Å². The Morgan fingerprint density at radius 1 is 1.05 bits per heavy atom. The molecule has 2 heterocycles. The molecule has 1 N–H and O–H groups in total. The van der Waals surface area contributed by atoms with Crippen molar-refractivity contribution in [3.8, 4) is 17.2 Å². The Morgan fingerprint density at radius 2 is 1.76 bits per heavy atom. The summed E-state index contributed by atoms with van der Waals surface area (Å²) < 4.78 is 45.1. The Balaban J connectivity index is 1.68. The van der Waals surface area contributed by atoms with Gasteiger partial charge in [-0.3, -0.25) is 9.59 Å². The van der Waals surface area contributed by atoms with Gasteiger partial charge in [-0.2, -0.15) is 0 Å². The molecule has 0 bridgehead atoms. The standard InChI is InChI=1S/C27H28N2O7S/c1-4-5-22-23(13-9-20(15-30)28-22)36-26(19-8-12-24-25(14-19)35-16-34-24)27(31)29-37(32,33)21-10-6-18(7-11-21)17(2)3/h6-15,17,26H,4-5,16H2,1-3H3,(H,29,31). The van der Waals surface area contributed by atoms with E-state index in [0.717, 1.165) is 5.56 Å². The van der Waals surface area contributed by atoms with Crippen LogP contribution in [0, 0.1) is 0 Å². The number of hydrogen-bond donors (Lipinski definition) is 1. The molecule has 0 saturated heterocycles. The van der Waals surface area contributed by atoms with Gasteiger partial charge in [-0.05, 0) is 54.3 Å². The molecule has 37 heavy (non-hydrogen) atoms. The molecule has 0 radical (unpaired) electrons. The zero-order valence-corrected chi connectivity index (χ0v) is 21.6. The van der Waals surface area contributed by atoms with Crippen LogP contribution >= 0.6 is 0 Å². The minimum Gasteiger partial charge on any atom is -0.474 e. The topological polar surface area (TPSA) is 121 Å². The molecular formula is C27H28N2O7S. The second-order valence-corrected chi connectivity index (χ2v) is 10.5. The van der Waals surface area contributed by atoms with Gasteiger partial charge in [0.15, 0.2) is 17.8 Å². The number of ether oxygens (including phenoxy) is 3. The van der Waals surface area contributed by atoms with E-state index in [-0.39, 0.29) is 29.0 Å². The Labute approximate surface area is 215 Å². The van der Waals surface area contributed by atoms with Crippen LogP contribution in [0.15, 0.2) is 59.5 Å². The lowest BCUT2D eigenvalue weighted by atomic mass is 10.0. The van der Waals surface area contributed by atoms with Crippen molar-refractivity contribution in [1.82, 2.24) is 9.71 Å². The molecule has 10 heteroatoms. The van der Waals surface area contributed by atoms with Crippen molar-refractivity contribution in [3.05, 3.63) is 77.1 Å². The molecule has 1 atom stereocenters. The first kappa shape index (κ1) is 26.2. The van der Waals surface area contributed by atoms with Crippen molar-refractivity contribution in [3.63, 3.8) is 0 Å². The number of amides is 1. The van der Waals surface area contributed by atoms with E-state index in [1.54, 1.807) is 36.4 Å². The Kier molecular flexibility index (Phi) is 7.77. The summed E-state index contributed by atoms with van der Waals surface area (Å²) in [4.78, 5) is 28.9. The van der Waals surface area contributed by atoms with E-state index < -0.39 is 22.0 Å². The van der Waals surface area contributed by atoms with Crippen molar-refractivity contribution in [2.24, 2.45) is 0 Å². The smallest absolute Gasteiger partial charge is 0.279 e. The normalized spacial score (nSPS) is 13.3. The molecule has 0 fully saturated rings.